The normalized spacial score (nSPS) is 12.9. The fourth-order valence-electron chi connectivity index (χ4n) is 2.47. The lowest BCUT2D eigenvalue weighted by molar-refractivity contribution is -0.385. The number of nitrogens with one attached hydrogen (secondary N) is 1. The molecule has 0 bridgehead atoms. The van der Waals surface area contributed by atoms with Crippen molar-refractivity contribution in [2.24, 2.45) is 0 Å². The first kappa shape index (κ1) is 23.1. The molecule has 2 rings (SSSR count). The number of hydrogen-bond donors (Lipinski definition) is 2. The summed E-state index contributed by atoms with van der Waals surface area (Å²) in [5, 5.41) is 23.9. The highest BCUT2D eigenvalue weighted by atomic mass is 16.6. The van der Waals surface area contributed by atoms with Crippen LogP contribution in [0.1, 0.15) is 12.5 Å². The summed E-state index contributed by atoms with van der Waals surface area (Å²) in [4.78, 5) is 24.8. The van der Waals surface area contributed by atoms with Gasteiger partial charge in [0.15, 0.2) is 5.60 Å². The molecule has 0 aliphatic heterocycles. The predicted octanol–water partition coefficient (Wildman–Crippen LogP) is 2.61. The lowest BCUT2D eigenvalue weighted by atomic mass is 10.1. The van der Waals surface area contributed by atoms with E-state index in [4.69, 9.17) is 9.47 Å². The van der Waals surface area contributed by atoms with Crippen LogP contribution < -0.4 is 14.8 Å². The van der Waals surface area contributed by atoms with Crippen molar-refractivity contribution in [2.75, 3.05) is 39.2 Å². The maximum atomic E-state index is 12.4. The zero-order valence-electron chi connectivity index (χ0n) is 17.5. The molecule has 2 N–H and O–H groups in total. The molecule has 9 heteroatoms. The third-order valence-corrected chi connectivity index (χ3v) is 4.29. The number of benzene rings is 2. The van der Waals surface area contributed by atoms with Crippen LogP contribution in [0, 0.1) is 17.0 Å². The van der Waals surface area contributed by atoms with Crippen molar-refractivity contribution in [1.29, 1.82) is 0 Å². The van der Waals surface area contributed by atoms with Gasteiger partial charge in [-0.15, -0.1) is 0 Å². The van der Waals surface area contributed by atoms with Crippen molar-refractivity contribution < 1.29 is 24.3 Å². The van der Waals surface area contributed by atoms with Gasteiger partial charge in [0.05, 0.1) is 4.92 Å². The van der Waals surface area contributed by atoms with Crippen molar-refractivity contribution in [3.05, 3.63) is 58.1 Å². The second-order valence-corrected chi connectivity index (χ2v) is 7.40. The number of anilines is 1. The molecule has 0 aromatic heterocycles. The van der Waals surface area contributed by atoms with Gasteiger partial charge in [-0.05, 0) is 64.3 Å². The topological polar surface area (TPSA) is 114 Å². The number of nitro groups is 1. The lowest BCUT2D eigenvalue weighted by Gasteiger charge is -2.22. The van der Waals surface area contributed by atoms with Crippen molar-refractivity contribution in [2.45, 2.75) is 19.4 Å². The van der Waals surface area contributed by atoms with Gasteiger partial charge in [0.1, 0.15) is 24.7 Å². The Labute approximate surface area is 175 Å². The van der Waals surface area contributed by atoms with Gasteiger partial charge in [-0.25, -0.2) is 0 Å². The number of likely N-dealkylation sites (N-methyl/N-ethyl adjacent to an activating group) is 1. The van der Waals surface area contributed by atoms with E-state index in [2.05, 4.69) is 5.32 Å². The first-order chi connectivity index (χ1) is 14.1. The molecule has 0 aliphatic rings. The van der Waals surface area contributed by atoms with Crippen LogP contribution in [0.2, 0.25) is 0 Å². The molecule has 0 aliphatic carbocycles. The van der Waals surface area contributed by atoms with Gasteiger partial charge in [0.25, 0.3) is 11.6 Å². The van der Waals surface area contributed by atoms with Gasteiger partial charge in [-0.3, -0.25) is 14.9 Å². The number of rotatable bonds is 10. The summed E-state index contributed by atoms with van der Waals surface area (Å²) in [5.74, 6) is 0.496. The number of aryl methyl sites for hydroxylation is 1. The van der Waals surface area contributed by atoms with Crippen LogP contribution in [0.5, 0.6) is 11.5 Å². The zero-order chi connectivity index (χ0) is 22.3. The molecule has 0 saturated heterocycles. The van der Waals surface area contributed by atoms with Crippen LogP contribution in [0.15, 0.2) is 42.5 Å². The third-order valence-electron chi connectivity index (χ3n) is 4.29. The van der Waals surface area contributed by atoms with E-state index in [1.807, 2.05) is 19.0 Å². The number of carbonyl (C=O) groups excluding carboxylic acids is 1. The van der Waals surface area contributed by atoms with Crippen molar-refractivity contribution in [3.8, 4) is 11.5 Å². The molecule has 0 fully saturated rings. The first-order valence-electron chi connectivity index (χ1n) is 9.38. The number of amides is 1. The van der Waals surface area contributed by atoms with E-state index in [9.17, 15) is 20.0 Å². The number of aliphatic hydroxyl groups is 1. The van der Waals surface area contributed by atoms with E-state index in [1.54, 1.807) is 31.2 Å². The molecule has 2 aromatic carbocycles. The van der Waals surface area contributed by atoms with Crippen molar-refractivity contribution in [1.82, 2.24) is 4.90 Å². The van der Waals surface area contributed by atoms with Gasteiger partial charge < -0.3 is 24.8 Å². The average Bonchev–Trinajstić information content (AvgIpc) is 2.67. The molecule has 9 nitrogen and oxygen atoms in total. The Morgan fingerprint density at radius 3 is 2.30 bits per heavy atom. The van der Waals surface area contributed by atoms with Crippen LogP contribution in [0.4, 0.5) is 11.4 Å². The van der Waals surface area contributed by atoms with Gasteiger partial charge >= 0.3 is 0 Å². The first-order valence-corrected chi connectivity index (χ1v) is 9.38. The number of nitrogens with zero attached hydrogens (tertiary/aromatic N) is 2. The monoisotopic (exact) mass is 417 g/mol. The van der Waals surface area contributed by atoms with E-state index < -0.39 is 16.4 Å². The Bertz CT molecular complexity index is 881. The minimum absolute atomic E-state index is 0.0442. The highest BCUT2D eigenvalue weighted by Crippen LogP contribution is 2.23. The minimum atomic E-state index is -1.81. The van der Waals surface area contributed by atoms with Crippen LogP contribution in [0.25, 0.3) is 0 Å². The highest BCUT2D eigenvalue weighted by Gasteiger charge is 2.31. The van der Waals surface area contributed by atoms with Crippen LogP contribution in [-0.2, 0) is 4.79 Å². The van der Waals surface area contributed by atoms with Gasteiger partial charge in [0, 0.05) is 23.9 Å². The lowest BCUT2D eigenvalue weighted by Crippen LogP contribution is -2.45. The molecule has 162 valence electrons. The summed E-state index contributed by atoms with van der Waals surface area (Å²) < 4.78 is 11.1. The molecule has 0 spiro atoms. The molecular formula is C21H27N3O6. The van der Waals surface area contributed by atoms with E-state index >= 15 is 0 Å². The number of ether oxygens (including phenoxy) is 2. The maximum absolute atomic E-state index is 12.4. The molecule has 0 heterocycles. The van der Waals surface area contributed by atoms with Crippen molar-refractivity contribution >= 4 is 17.3 Å². The quantitative estimate of drug-likeness (QED) is 0.451. The summed E-state index contributed by atoms with van der Waals surface area (Å²) in [7, 11) is 3.93. The summed E-state index contributed by atoms with van der Waals surface area (Å²) in [5.41, 5.74) is -1.10. The number of carbonyl (C=O) groups is 1. The fourth-order valence-corrected chi connectivity index (χ4v) is 2.47. The van der Waals surface area contributed by atoms with Crippen LogP contribution in [0.3, 0.4) is 0 Å². The fraction of sp³-hybridized carbons (Fsp3) is 0.381. The third kappa shape index (κ3) is 6.71. The molecular weight excluding hydrogens is 390 g/mol. The molecule has 0 saturated carbocycles. The van der Waals surface area contributed by atoms with Gasteiger partial charge in [-0.1, -0.05) is 0 Å². The predicted molar refractivity (Wildman–Crippen MR) is 113 cm³/mol. The highest BCUT2D eigenvalue weighted by molar-refractivity contribution is 5.97. The van der Waals surface area contributed by atoms with E-state index in [1.165, 1.54) is 25.1 Å². The van der Waals surface area contributed by atoms with E-state index in [0.29, 0.717) is 29.4 Å². The molecule has 1 unspecified atom stereocenters. The minimum Gasteiger partial charge on any atom is -0.492 e. The standard InChI is InChI=1S/C21H27N3O6/c1-15-13-16(5-10-19(15)24(27)28)22-20(25)21(2,26)14-30-18-8-6-17(7-9-18)29-12-11-23(3)4/h5-10,13,26H,11-12,14H2,1-4H3,(H,22,25). The smallest absolute Gasteiger partial charge is 0.272 e. The van der Waals surface area contributed by atoms with Crippen molar-refractivity contribution in [3.63, 3.8) is 0 Å². The Kier molecular flexibility index (Phi) is 7.73. The second kappa shape index (κ2) is 10.0. The Hall–Kier alpha value is -3.17. The van der Waals surface area contributed by atoms with Crippen LogP contribution in [-0.4, -0.2) is 60.3 Å². The maximum Gasteiger partial charge on any atom is 0.272 e. The Balaban J connectivity index is 1.90. The van der Waals surface area contributed by atoms with Gasteiger partial charge in [0.2, 0.25) is 0 Å². The number of nitro benzene ring substituents is 1. The molecule has 1 amide bonds. The zero-order valence-corrected chi connectivity index (χ0v) is 17.5. The summed E-state index contributed by atoms with van der Waals surface area (Å²) in [6, 6.07) is 11.1. The molecule has 1 atom stereocenters. The van der Waals surface area contributed by atoms with E-state index in [-0.39, 0.29) is 12.3 Å². The SMILES string of the molecule is Cc1cc(NC(=O)C(C)(O)COc2ccc(OCCN(C)C)cc2)ccc1[N+](=O)[O-]. The number of hydrogen-bond acceptors (Lipinski definition) is 7. The summed E-state index contributed by atoms with van der Waals surface area (Å²) >= 11 is 0. The summed E-state index contributed by atoms with van der Waals surface area (Å²) in [6.45, 7) is 3.99. The summed E-state index contributed by atoms with van der Waals surface area (Å²) in [6.07, 6.45) is 0. The Morgan fingerprint density at radius 1 is 1.17 bits per heavy atom. The molecule has 30 heavy (non-hydrogen) atoms. The second-order valence-electron chi connectivity index (χ2n) is 7.40. The van der Waals surface area contributed by atoms with Crippen LogP contribution >= 0.6 is 0 Å². The van der Waals surface area contributed by atoms with E-state index in [0.717, 1.165) is 6.54 Å². The molecule has 2 aromatic rings. The Morgan fingerprint density at radius 2 is 1.77 bits per heavy atom. The van der Waals surface area contributed by atoms with Gasteiger partial charge in [-0.2, -0.15) is 0 Å². The average molecular weight is 417 g/mol. The molecule has 0 radical (unpaired) electrons. The largest absolute Gasteiger partial charge is 0.492 e.